The van der Waals surface area contributed by atoms with Crippen molar-refractivity contribution < 1.29 is 18.7 Å². The number of nitrogens with zero attached hydrogens (tertiary/aromatic N) is 1. The summed E-state index contributed by atoms with van der Waals surface area (Å²) < 4.78 is 16.4. The van der Waals surface area contributed by atoms with E-state index in [4.69, 9.17) is 13.9 Å². The lowest BCUT2D eigenvalue weighted by atomic mass is 10.1. The molecule has 0 aliphatic rings. The molecular formula is C22H21N3O4. The van der Waals surface area contributed by atoms with E-state index < -0.39 is 0 Å². The number of para-hydroxylation sites is 2. The van der Waals surface area contributed by atoms with Crippen LogP contribution in [0.4, 0.5) is 0 Å². The molecule has 7 nitrogen and oxygen atoms in total. The van der Waals surface area contributed by atoms with Crippen molar-refractivity contribution in [3.8, 4) is 11.5 Å². The van der Waals surface area contributed by atoms with Crippen LogP contribution in [0.2, 0.25) is 0 Å². The zero-order valence-corrected chi connectivity index (χ0v) is 16.2. The topological polar surface area (TPSA) is 89.4 Å². The van der Waals surface area contributed by atoms with E-state index in [2.05, 4.69) is 15.3 Å². The molecule has 2 heterocycles. The number of hydrogen-bond acceptors (Lipinski definition) is 5. The van der Waals surface area contributed by atoms with E-state index in [0.717, 1.165) is 28.1 Å². The smallest absolute Gasteiger partial charge is 0.287 e. The highest BCUT2D eigenvalue weighted by Gasteiger charge is 2.14. The monoisotopic (exact) mass is 391 g/mol. The van der Waals surface area contributed by atoms with Gasteiger partial charge in [0.25, 0.3) is 5.91 Å². The van der Waals surface area contributed by atoms with Gasteiger partial charge in [-0.15, -0.1) is 0 Å². The highest BCUT2D eigenvalue weighted by atomic mass is 16.5. The first kappa shape index (κ1) is 18.6. The van der Waals surface area contributed by atoms with Crippen molar-refractivity contribution >= 4 is 16.9 Å². The summed E-state index contributed by atoms with van der Waals surface area (Å²) in [5.74, 6) is 2.76. The highest BCUT2D eigenvalue weighted by molar-refractivity contribution is 5.91. The van der Waals surface area contributed by atoms with Crippen molar-refractivity contribution in [1.82, 2.24) is 15.3 Å². The van der Waals surface area contributed by atoms with E-state index in [1.165, 1.54) is 0 Å². The van der Waals surface area contributed by atoms with Crippen LogP contribution < -0.4 is 14.8 Å². The quantitative estimate of drug-likeness (QED) is 0.501. The standard InChI is InChI=1S/C22H21N3O4/c1-27-15-7-9-19(28-2)14(11-15)12-16-8-10-20(29-16)22(26)23-13-21-24-17-5-3-4-6-18(17)25-21/h3-11H,12-13H2,1-2H3,(H,23,26)(H,24,25). The Balaban J connectivity index is 1.42. The number of furan rings is 1. The summed E-state index contributed by atoms with van der Waals surface area (Å²) in [6.07, 6.45) is 0.483. The number of carbonyl (C=O) groups excluding carboxylic acids is 1. The first-order valence-electron chi connectivity index (χ1n) is 9.17. The van der Waals surface area contributed by atoms with Crippen molar-refractivity contribution in [2.24, 2.45) is 0 Å². The third kappa shape index (κ3) is 4.08. The lowest BCUT2D eigenvalue weighted by Crippen LogP contribution is -2.22. The predicted octanol–water partition coefficient (Wildman–Crippen LogP) is 3.69. The molecule has 7 heteroatoms. The van der Waals surface area contributed by atoms with Gasteiger partial charge >= 0.3 is 0 Å². The van der Waals surface area contributed by atoms with Gasteiger partial charge in [-0.1, -0.05) is 12.1 Å². The Morgan fingerprint density at radius 1 is 1.10 bits per heavy atom. The van der Waals surface area contributed by atoms with Crippen LogP contribution in [-0.2, 0) is 13.0 Å². The maximum Gasteiger partial charge on any atom is 0.287 e. The second-order valence-electron chi connectivity index (χ2n) is 6.50. The zero-order chi connectivity index (χ0) is 20.2. The number of amides is 1. The third-order valence-electron chi connectivity index (χ3n) is 4.59. The van der Waals surface area contributed by atoms with Crippen LogP contribution in [0.3, 0.4) is 0 Å². The van der Waals surface area contributed by atoms with Gasteiger partial charge in [0.1, 0.15) is 23.1 Å². The van der Waals surface area contributed by atoms with Crippen LogP contribution in [0.25, 0.3) is 11.0 Å². The number of aromatic nitrogens is 2. The van der Waals surface area contributed by atoms with Crippen LogP contribution in [0.5, 0.6) is 11.5 Å². The molecule has 0 radical (unpaired) electrons. The summed E-state index contributed by atoms with van der Waals surface area (Å²) in [7, 11) is 3.23. The maximum absolute atomic E-state index is 12.4. The van der Waals surface area contributed by atoms with E-state index in [1.807, 2.05) is 42.5 Å². The van der Waals surface area contributed by atoms with E-state index in [0.29, 0.717) is 18.0 Å². The summed E-state index contributed by atoms with van der Waals surface area (Å²) >= 11 is 0. The Morgan fingerprint density at radius 2 is 1.97 bits per heavy atom. The van der Waals surface area contributed by atoms with Gasteiger partial charge in [0.15, 0.2) is 5.76 Å². The second-order valence-corrected chi connectivity index (χ2v) is 6.50. The largest absolute Gasteiger partial charge is 0.497 e. The Labute approximate surface area is 167 Å². The highest BCUT2D eigenvalue weighted by Crippen LogP contribution is 2.27. The lowest BCUT2D eigenvalue weighted by molar-refractivity contribution is 0.0920. The minimum atomic E-state index is -0.297. The summed E-state index contributed by atoms with van der Waals surface area (Å²) in [4.78, 5) is 20.1. The van der Waals surface area contributed by atoms with Crippen molar-refractivity contribution in [1.29, 1.82) is 0 Å². The molecule has 0 aliphatic heterocycles. The first-order valence-corrected chi connectivity index (χ1v) is 9.17. The van der Waals surface area contributed by atoms with Crippen molar-refractivity contribution in [2.75, 3.05) is 14.2 Å². The lowest BCUT2D eigenvalue weighted by Gasteiger charge is -2.09. The third-order valence-corrected chi connectivity index (χ3v) is 4.59. The number of ether oxygens (including phenoxy) is 2. The fourth-order valence-electron chi connectivity index (χ4n) is 3.14. The molecule has 0 saturated carbocycles. The van der Waals surface area contributed by atoms with Gasteiger partial charge in [0.05, 0.1) is 31.8 Å². The fraction of sp³-hybridized carbons (Fsp3) is 0.182. The van der Waals surface area contributed by atoms with Gasteiger partial charge in [-0.25, -0.2) is 4.98 Å². The Bertz CT molecular complexity index is 1110. The number of benzene rings is 2. The van der Waals surface area contributed by atoms with E-state index in [9.17, 15) is 4.79 Å². The van der Waals surface area contributed by atoms with E-state index >= 15 is 0 Å². The average Bonchev–Trinajstić information content (AvgIpc) is 3.38. The maximum atomic E-state index is 12.4. The van der Waals surface area contributed by atoms with Gasteiger partial charge in [0.2, 0.25) is 0 Å². The number of nitrogens with one attached hydrogen (secondary N) is 2. The molecule has 0 atom stereocenters. The van der Waals surface area contributed by atoms with Gasteiger partial charge in [-0.3, -0.25) is 4.79 Å². The Hall–Kier alpha value is -3.74. The van der Waals surface area contributed by atoms with Crippen molar-refractivity contribution in [3.05, 3.63) is 77.5 Å². The molecule has 0 bridgehead atoms. The van der Waals surface area contributed by atoms with Gasteiger partial charge < -0.3 is 24.2 Å². The summed E-state index contributed by atoms with van der Waals surface area (Å²) in [5, 5.41) is 2.82. The minimum Gasteiger partial charge on any atom is -0.497 e. The first-order chi connectivity index (χ1) is 14.2. The fourth-order valence-corrected chi connectivity index (χ4v) is 3.14. The number of rotatable bonds is 7. The van der Waals surface area contributed by atoms with Crippen molar-refractivity contribution in [3.63, 3.8) is 0 Å². The van der Waals surface area contributed by atoms with Crippen LogP contribution in [-0.4, -0.2) is 30.1 Å². The van der Waals surface area contributed by atoms with Crippen LogP contribution in [0.15, 0.2) is 59.0 Å². The molecule has 148 valence electrons. The van der Waals surface area contributed by atoms with Crippen LogP contribution >= 0.6 is 0 Å². The summed E-state index contributed by atoms with van der Waals surface area (Å²) in [5.41, 5.74) is 2.71. The number of imidazole rings is 1. The Kier molecular flexibility index (Phi) is 5.20. The molecule has 29 heavy (non-hydrogen) atoms. The van der Waals surface area contributed by atoms with E-state index in [1.54, 1.807) is 26.4 Å². The van der Waals surface area contributed by atoms with E-state index in [-0.39, 0.29) is 18.2 Å². The molecule has 2 N–H and O–H groups in total. The second kappa shape index (κ2) is 8.10. The number of hydrogen-bond donors (Lipinski definition) is 2. The average molecular weight is 391 g/mol. The minimum absolute atomic E-state index is 0.248. The normalized spacial score (nSPS) is 10.8. The van der Waals surface area contributed by atoms with Gasteiger partial charge in [-0.05, 0) is 42.5 Å². The van der Waals surface area contributed by atoms with Crippen molar-refractivity contribution in [2.45, 2.75) is 13.0 Å². The molecule has 0 aliphatic carbocycles. The molecule has 0 saturated heterocycles. The molecule has 0 spiro atoms. The summed E-state index contributed by atoms with van der Waals surface area (Å²) in [6, 6.07) is 16.7. The predicted molar refractivity (Wildman–Crippen MR) is 108 cm³/mol. The number of methoxy groups -OCH3 is 2. The molecule has 2 aromatic carbocycles. The molecular weight excluding hydrogens is 370 g/mol. The molecule has 2 aromatic heterocycles. The molecule has 1 amide bonds. The molecule has 4 rings (SSSR count). The SMILES string of the molecule is COc1ccc(OC)c(Cc2ccc(C(=O)NCc3nc4ccccc4[nH]3)o2)c1. The molecule has 0 unspecified atom stereocenters. The zero-order valence-electron chi connectivity index (χ0n) is 16.2. The Morgan fingerprint density at radius 3 is 2.76 bits per heavy atom. The number of fused-ring (bicyclic) bond motifs is 1. The molecule has 0 fully saturated rings. The number of carbonyl (C=O) groups is 1. The molecule has 4 aromatic rings. The number of H-pyrrole nitrogens is 1. The van der Waals surface area contributed by atoms with Crippen LogP contribution in [0, 0.1) is 0 Å². The van der Waals surface area contributed by atoms with Gasteiger partial charge in [-0.2, -0.15) is 0 Å². The van der Waals surface area contributed by atoms with Gasteiger partial charge in [0, 0.05) is 12.0 Å². The number of aromatic amines is 1. The van der Waals surface area contributed by atoms with Crippen LogP contribution in [0.1, 0.15) is 27.7 Å². The summed E-state index contributed by atoms with van der Waals surface area (Å²) in [6.45, 7) is 0.285.